The van der Waals surface area contributed by atoms with Crippen LogP contribution in [0.25, 0.3) is 20.8 Å². The SMILES string of the molecule is O=C(Cc1ccc2c(c1)OCO2)Nc1sccc1-c1nc2ccccc2s1. The predicted molar refractivity (Wildman–Crippen MR) is 108 cm³/mol. The highest BCUT2D eigenvalue weighted by Crippen LogP contribution is 2.38. The Kier molecular flexibility index (Phi) is 4.03. The number of nitrogens with zero attached hydrogens (tertiary/aromatic N) is 1. The molecule has 0 saturated carbocycles. The van der Waals surface area contributed by atoms with Crippen molar-refractivity contribution in [1.29, 1.82) is 0 Å². The molecule has 3 heterocycles. The fraction of sp³-hybridized carbons (Fsp3) is 0.100. The van der Waals surface area contributed by atoms with Gasteiger partial charge in [-0.3, -0.25) is 4.79 Å². The summed E-state index contributed by atoms with van der Waals surface area (Å²) in [7, 11) is 0. The molecule has 0 unspecified atom stereocenters. The molecule has 0 fully saturated rings. The molecule has 2 aromatic carbocycles. The van der Waals surface area contributed by atoms with Crippen LogP contribution in [0.1, 0.15) is 5.56 Å². The average molecular weight is 394 g/mol. The molecule has 0 radical (unpaired) electrons. The number of ether oxygens (including phenoxy) is 2. The molecular weight excluding hydrogens is 380 g/mol. The molecule has 1 amide bonds. The van der Waals surface area contributed by atoms with Gasteiger partial charge in [0.2, 0.25) is 12.7 Å². The first kappa shape index (κ1) is 16.3. The van der Waals surface area contributed by atoms with E-state index >= 15 is 0 Å². The van der Waals surface area contributed by atoms with Crippen molar-refractivity contribution in [2.75, 3.05) is 12.1 Å². The minimum Gasteiger partial charge on any atom is -0.454 e. The lowest BCUT2D eigenvalue weighted by Crippen LogP contribution is -2.14. The maximum Gasteiger partial charge on any atom is 0.231 e. The van der Waals surface area contributed by atoms with Crippen LogP contribution in [0.15, 0.2) is 53.9 Å². The van der Waals surface area contributed by atoms with E-state index in [1.54, 1.807) is 11.3 Å². The lowest BCUT2D eigenvalue weighted by molar-refractivity contribution is -0.115. The molecule has 0 saturated heterocycles. The fourth-order valence-corrected chi connectivity index (χ4v) is 4.84. The van der Waals surface area contributed by atoms with Crippen LogP contribution in [0, 0.1) is 0 Å². The Morgan fingerprint density at radius 1 is 1.11 bits per heavy atom. The third kappa shape index (κ3) is 3.15. The Bertz CT molecular complexity index is 1120. The number of para-hydroxylation sites is 1. The van der Waals surface area contributed by atoms with E-state index in [1.165, 1.54) is 11.3 Å². The molecule has 4 aromatic rings. The van der Waals surface area contributed by atoms with E-state index in [2.05, 4.69) is 16.4 Å². The third-order valence-corrected chi connectivity index (χ3v) is 6.14. The summed E-state index contributed by atoms with van der Waals surface area (Å²) in [6.45, 7) is 0.228. The summed E-state index contributed by atoms with van der Waals surface area (Å²) < 4.78 is 11.8. The van der Waals surface area contributed by atoms with E-state index in [1.807, 2.05) is 47.8 Å². The van der Waals surface area contributed by atoms with E-state index in [0.717, 1.165) is 37.1 Å². The fourth-order valence-electron chi connectivity index (χ4n) is 2.97. The molecular formula is C20H14N2O3S2. The largest absolute Gasteiger partial charge is 0.454 e. The van der Waals surface area contributed by atoms with Gasteiger partial charge in [0.25, 0.3) is 0 Å². The Hall–Kier alpha value is -2.90. The molecule has 0 spiro atoms. The van der Waals surface area contributed by atoms with Gasteiger partial charge in [-0.1, -0.05) is 18.2 Å². The topological polar surface area (TPSA) is 60.5 Å². The predicted octanol–water partition coefficient (Wildman–Crippen LogP) is 4.93. The highest BCUT2D eigenvalue weighted by molar-refractivity contribution is 7.22. The summed E-state index contributed by atoms with van der Waals surface area (Å²) in [4.78, 5) is 17.2. The smallest absolute Gasteiger partial charge is 0.231 e. The summed E-state index contributed by atoms with van der Waals surface area (Å²) >= 11 is 3.13. The summed E-state index contributed by atoms with van der Waals surface area (Å²) in [6.07, 6.45) is 0.272. The highest BCUT2D eigenvalue weighted by atomic mass is 32.1. The van der Waals surface area contributed by atoms with Gasteiger partial charge in [-0.25, -0.2) is 4.98 Å². The Balaban J connectivity index is 1.35. The molecule has 27 heavy (non-hydrogen) atoms. The molecule has 5 rings (SSSR count). The first-order chi connectivity index (χ1) is 13.3. The number of amides is 1. The second kappa shape index (κ2) is 6.68. The van der Waals surface area contributed by atoms with Gasteiger partial charge in [0.15, 0.2) is 11.5 Å². The van der Waals surface area contributed by atoms with E-state index in [-0.39, 0.29) is 19.1 Å². The first-order valence-corrected chi connectivity index (χ1v) is 10.1. The average Bonchev–Trinajstić information content (AvgIpc) is 3.39. The number of hydrogen-bond acceptors (Lipinski definition) is 6. The first-order valence-electron chi connectivity index (χ1n) is 8.38. The minimum absolute atomic E-state index is 0.0707. The van der Waals surface area contributed by atoms with Crippen molar-refractivity contribution < 1.29 is 14.3 Å². The third-order valence-electron chi connectivity index (χ3n) is 4.24. The number of anilines is 1. The van der Waals surface area contributed by atoms with Crippen LogP contribution in [0.5, 0.6) is 11.5 Å². The zero-order chi connectivity index (χ0) is 18.2. The molecule has 5 nitrogen and oxygen atoms in total. The maximum atomic E-state index is 12.5. The number of carbonyl (C=O) groups is 1. The van der Waals surface area contributed by atoms with Gasteiger partial charge in [0, 0.05) is 5.56 Å². The van der Waals surface area contributed by atoms with Gasteiger partial charge in [-0.05, 0) is 41.3 Å². The zero-order valence-corrected chi connectivity index (χ0v) is 15.7. The lowest BCUT2D eigenvalue weighted by Gasteiger charge is -2.06. The molecule has 1 aliphatic rings. The van der Waals surface area contributed by atoms with Crippen molar-refractivity contribution in [3.8, 4) is 22.1 Å². The molecule has 1 aliphatic heterocycles. The second-order valence-corrected chi connectivity index (χ2v) is 8.01. The monoisotopic (exact) mass is 394 g/mol. The highest BCUT2D eigenvalue weighted by Gasteiger charge is 2.17. The minimum atomic E-state index is -0.0707. The maximum absolute atomic E-state index is 12.5. The number of carbonyl (C=O) groups excluding carboxylic acids is 1. The van der Waals surface area contributed by atoms with E-state index in [9.17, 15) is 4.79 Å². The summed E-state index contributed by atoms with van der Waals surface area (Å²) in [6, 6.07) is 15.6. The van der Waals surface area contributed by atoms with Crippen LogP contribution >= 0.6 is 22.7 Å². The Labute approximate surface area is 163 Å². The number of thiophene rings is 1. The summed E-state index contributed by atoms with van der Waals surface area (Å²) in [5.74, 6) is 1.33. The number of rotatable bonds is 4. The molecule has 134 valence electrons. The quantitative estimate of drug-likeness (QED) is 0.533. The van der Waals surface area contributed by atoms with E-state index < -0.39 is 0 Å². The second-order valence-electron chi connectivity index (χ2n) is 6.06. The van der Waals surface area contributed by atoms with Crippen LogP contribution in [-0.4, -0.2) is 17.7 Å². The van der Waals surface area contributed by atoms with Crippen LogP contribution in [0.2, 0.25) is 0 Å². The van der Waals surface area contributed by atoms with Gasteiger partial charge < -0.3 is 14.8 Å². The van der Waals surface area contributed by atoms with Crippen molar-refractivity contribution in [3.63, 3.8) is 0 Å². The van der Waals surface area contributed by atoms with Crippen molar-refractivity contribution >= 4 is 43.8 Å². The summed E-state index contributed by atoms with van der Waals surface area (Å²) in [5.41, 5.74) is 2.82. The lowest BCUT2D eigenvalue weighted by atomic mass is 10.1. The Morgan fingerprint density at radius 3 is 2.93 bits per heavy atom. The number of aromatic nitrogens is 1. The van der Waals surface area contributed by atoms with Gasteiger partial charge in [0.1, 0.15) is 10.0 Å². The van der Waals surface area contributed by atoms with E-state index in [0.29, 0.717) is 5.75 Å². The Morgan fingerprint density at radius 2 is 2.00 bits per heavy atom. The number of benzene rings is 2. The zero-order valence-electron chi connectivity index (χ0n) is 14.1. The molecule has 2 aromatic heterocycles. The van der Waals surface area contributed by atoms with Crippen molar-refractivity contribution in [1.82, 2.24) is 4.98 Å². The number of nitrogens with one attached hydrogen (secondary N) is 1. The van der Waals surface area contributed by atoms with Gasteiger partial charge in [0.05, 0.1) is 16.6 Å². The molecule has 0 aliphatic carbocycles. The molecule has 7 heteroatoms. The van der Waals surface area contributed by atoms with Crippen LogP contribution in [-0.2, 0) is 11.2 Å². The van der Waals surface area contributed by atoms with Crippen molar-refractivity contribution in [2.45, 2.75) is 6.42 Å². The normalized spacial score (nSPS) is 12.4. The summed E-state index contributed by atoms with van der Waals surface area (Å²) in [5, 5.41) is 6.73. The standard InChI is InChI=1S/C20H14N2O3S2/c23-18(10-12-5-6-15-16(9-12)25-11-24-15)22-19-13(7-8-26-19)20-21-14-3-1-2-4-17(14)27-20/h1-9H,10-11H2,(H,22,23). The molecule has 0 bridgehead atoms. The number of thiazole rings is 1. The number of fused-ring (bicyclic) bond motifs is 2. The van der Waals surface area contributed by atoms with E-state index in [4.69, 9.17) is 9.47 Å². The van der Waals surface area contributed by atoms with Gasteiger partial charge >= 0.3 is 0 Å². The van der Waals surface area contributed by atoms with Crippen LogP contribution < -0.4 is 14.8 Å². The van der Waals surface area contributed by atoms with Crippen molar-refractivity contribution in [3.05, 3.63) is 59.5 Å². The van der Waals surface area contributed by atoms with Crippen LogP contribution in [0.3, 0.4) is 0 Å². The van der Waals surface area contributed by atoms with Crippen LogP contribution in [0.4, 0.5) is 5.00 Å². The van der Waals surface area contributed by atoms with Gasteiger partial charge in [-0.2, -0.15) is 0 Å². The van der Waals surface area contributed by atoms with Gasteiger partial charge in [-0.15, -0.1) is 22.7 Å². The van der Waals surface area contributed by atoms with Crippen molar-refractivity contribution in [2.24, 2.45) is 0 Å². The number of hydrogen-bond donors (Lipinski definition) is 1. The molecule has 1 N–H and O–H groups in total. The molecule has 0 atom stereocenters.